The SMILES string of the molecule is O=S(=O)(/C(=C/[Se+](c1ccccc1)c1ccccc1)c1ccccc1)c1ccccc1. The van der Waals surface area contributed by atoms with Crippen LogP contribution in [0.5, 0.6) is 0 Å². The van der Waals surface area contributed by atoms with Crippen LogP contribution in [-0.4, -0.2) is 22.3 Å². The first-order valence-corrected chi connectivity index (χ1v) is 13.8. The van der Waals surface area contributed by atoms with Crippen LogP contribution < -0.4 is 8.92 Å². The Morgan fingerprint density at radius 1 is 0.567 bits per heavy atom. The summed E-state index contributed by atoms with van der Waals surface area (Å²) in [4.78, 5) is 2.68. The van der Waals surface area contributed by atoms with Crippen molar-refractivity contribution in [1.82, 2.24) is 0 Å². The Kier molecular flexibility index (Phi) is 6.29. The van der Waals surface area contributed by atoms with Crippen LogP contribution in [0.3, 0.4) is 0 Å². The van der Waals surface area contributed by atoms with Crippen molar-refractivity contribution in [1.29, 1.82) is 0 Å². The van der Waals surface area contributed by atoms with Gasteiger partial charge in [0.1, 0.15) is 0 Å². The third kappa shape index (κ3) is 4.47. The van der Waals surface area contributed by atoms with Crippen LogP contribution in [0.15, 0.2) is 131 Å². The van der Waals surface area contributed by atoms with Gasteiger partial charge in [-0.05, 0) is 0 Å². The van der Waals surface area contributed by atoms with Crippen molar-refractivity contribution in [2.45, 2.75) is 4.90 Å². The van der Waals surface area contributed by atoms with E-state index in [0.717, 1.165) is 0 Å². The van der Waals surface area contributed by atoms with Gasteiger partial charge >= 0.3 is 183 Å². The second kappa shape index (κ2) is 9.27. The molecule has 4 rings (SSSR count). The van der Waals surface area contributed by atoms with E-state index in [-0.39, 0.29) is 0 Å². The van der Waals surface area contributed by atoms with Gasteiger partial charge in [0, 0.05) is 0 Å². The summed E-state index contributed by atoms with van der Waals surface area (Å²) >= 11 is -1.77. The molecular formula is C26H21O2SSe+. The number of hydrogen-bond acceptors (Lipinski definition) is 2. The molecule has 0 saturated heterocycles. The zero-order valence-electron chi connectivity index (χ0n) is 16.3. The summed E-state index contributed by atoms with van der Waals surface area (Å²) in [5.74, 6) is 0. The van der Waals surface area contributed by atoms with E-state index < -0.39 is 23.7 Å². The Morgan fingerprint density at radius 3 is 1.43 bits per heavy atom. The first-order valence-electron chi connectivity index (χ1n) is 9.57. The maximum atomic E-state index is 13.7. The van der Waals surface area contributed by atoms with Crippen molar-refractivity contribution in [2.75, 3.05) is 0 Å². The molecule has 0 aromatic heterocycles. The molecule has 0 heterocycles. The van der Waals surface area contributed by atoms with Gasteiger partial charge in [-0.25, -0.2) is 0 Å². The van der Waals surface area contributed by atoms with Crippen LogP contribution in [0, 0.1) is 0 Å². The second-order valence-electron chi connectivity index (χ2n) is 6.63. The number of sulfone groups is 1. The van der Waals surface area contributed by atoms with Gasteiger partial charge in [0.25, 0.3) is 0 Å². The van der Waals surface area contributed by atoms with Crippen LogP contribution in [0.2, 0.25) is 0 Å². The number of benzene rings is 4. The minimum absolute atomic E-state index is 0.312. The summed E-state index contributed by atoms with van der Waals surface area (Å²) < 4.78 is 29.7. The van der Waals surface area contributed by atoms with Crippen LogP contribution >= 0.6 is 0 Å². The molecule has 2 nitrogen and oxygen atoms in total. The summed E-state index contributed by atoms with van der Waals surface area (Å²) in [7, 11) is -3.67. The summed E-state index contributed by atoms with van der Waals surface area (Å²) in [6.07, 6.45) is 0. The normalized spacial score (nSPS) is 12.1. The van der Waals surface area contributed by atoms with E-state index >= 15 is 0 Å². The van der Waals surface area contributed by atoms with Crippen LogP contribution in [0.25, 0.3) is 4.91 Å². The van der Waals surface area contributed by atoms with Gasteiger partial charge in [-0.3, -0.25) is 0 Å². The fraction of sp³-hybridized carbons (Fsp3) is 0. The average molecular weight is 476 g/mol. The van der Waals surface area contributed by atoms with Gasteiger partial charge in [-0.1, -0.05) is 0 Å². The fourth-order valence-electron chi connectivity index (χ4n) is 3.13. The molecule has 0 amide bonds. The molecule has 0 N–H and O–H groups in total. The molecule has 0 aliphatic carbocycles. The molecule has 0 atom stereocenters. The Bertz CT molecular complexity index is 1180. The van der Waals surface area contributed by atoms with E-state index in [0.29, 0.717) is 15.4 Å². The topological polar surface area (TPSA) is 34.1 Å². The molecule has 0 radical (unpaired) electrons. The Labute approximate surface area is 182 Å². The molecule has 4 aromatic carbocycles. The van der Waals surface area contributed by atoms with Crippen LogP contribution in [0.1, 0.15) is 5.56 Å². The molecule has 0 aliphatic rings. The molecule has 0 fully saturated rings. The first kappa shape index (κ1) is 20.4. The molecule has 0 bridgehead atoms. The number of rotatable bonds is 6. The fourth-order valence-corrected chi connectivity index (χ4v) is 9.54. The molecule has 30 heavy (non-hydrogen) atoms. The quantitative estimate of drug-likeness (QED) is 0.388. The predicted molar refractivity (Wildman–Crippen MR) is 126 cm³/mol. The Balaban J connectivity index is 1.95. The molecule has 148 valence electrons. The van der Waals surface area contributed by atoms with Crippen molar-refractivity contribution < 1.29 is 8.42 Å². The van der Waals surface area contributed by atoms with E-state index in [1.54, 1.807) is 24.3 Å². The summed E-state index contributed by atoms with van der Waals surface area (Å²) in [5.41, 5.74) is 0.710. The Hall–Kier alpha value is -2.91. The van der Waals surface area contributed by atoms with Crippen LogP contribution in [0.4, 0.5) is 0 Å². The first-order chi connectivity index (χ1) is 14.7. The third-order valence-electron chi connectivity index (χ3n) is 4.62. The minimum atomic E-state index is -3.67. The molecule has 0 aliphatic heterocycles. The van der Waals surface area contributed by atoms with Gasteiger partial charge in [0.2, 0.25) is 0 Å². The van der Waals surface area contributed by atoms with E-state index in [1.165, 1.54) is 8.92 Å². The molecule has 0 saturated carbocycles. The molecular weight excluding hydrogens is 455 g/mol. The zero-order chi connectivity index (χ0) is 20.8. The molecule has 4 heteroatoms. The van der Waals surface area contributed by atoms with Crippen molar-refractivity contribution in [3.8, 4) is 0 Å². The monoisotopic (exact) mass is 477 g/mol. The van der Waals surface area contributed by atoms with Gasteiger partial charge in [0.05, 0.1) is 0 Å². The van der Waals surface area contributed by atoms with Crippen molar-refractivity contribution in [3.05, 3.63) is 132 Å². The van der Waals surface area contributed by atoms with E-state index in [4.69, 9.17) is 0 Å². The zero-order valence-corrected chi connectivity index (χ0v) is 18.8. The van der Waals surface area contributed by atoms with Crippen LogP contribution in [-0.2, 0) is 9.84 Å². The molecule has 4 aromatic rings. The number of hydrogen-bond donors (Lipinski definition) is 0. The van der Waals surface area contributed by atoms with Gasteiger partial charge in [-0.15, -0.1) is 0 Å². The predicted octanol–water partition coefficient (Wildman–Crippen LogP) is 4.35. The van der Waals surface area contributed by atoms with Gasteiger partial charge in [-0.2, -0.15) is 0 Å². The molecule has 0 unspecified atom stereocenters. The van der Waals surface area contributed by atoms with E-state index in [9.17, 15) is 8.42 Å². The molecule has 0 spiro atoms. The maximum absolute atomic E-state index is 13.7. The van der Waals surface area contributed by atoms with Crippen molar-refractivity contribution in [2.24, 2.45) is 0 Å². The van der Waals surface area contributed by atoms with Gasteiger partial charge < -0.3 is 0 Å². The third-order valence-corrected chi connectivity index (χ3v) is 11.0. The summed E-state index contributed by atoms with van der Waals surface area (Å²) in [6.45, 7) is 0. The average Bonchev–Trinajstić information content (AvgIpc) is 2.82. The van der Waals surface area contributed by atoms with Crippen molar-refractivity contribution in [3.63, 3.8) is 0 Å². The summed E-state index contributed by atoms with van der Waals surface area (Å²) in [6, 6.07) is 38.4. The van der Waals surface area contributed by atoms with Crippen molar-refractivity contribution >= 4 is 37.6 Å². The summed E-state index contributed by atoms with van der Waals surface area (Å²) in [5, 5.41) is 0. The standard InChI is InChI=1S/C26H21O2SSe/c27-29(28,23-15-7-2-8-16-23)26(22-13-5-1-6-14-22)21-30(24-17-9-3-10-18-24)25-19-11-4-12-20-25/h1-21H/q+1/b26-21+. The van der Waals surface area contributed by atoms with E-state index in [2.05, 4.69) is 24.3 Å². The van der Waals surface area contributed by atoms with E-state index in [1.807, 2.05) is 77.8 Å². The van der Waals surface area contributed by atoms with Gasteiger partial charge in [0.15, 0.2) is 0 Å². The second-order valence-corrected chi connectivity index (χ2v) is 12.4. The Morgan fingerprint density at radius 2 is 0.967 bits per heavy atom.